The summed E-state index contributed by atoms with van der Waals surface area (Å²) in [5, 5.41) is 36.1. The molecule has 1 aliphatic carbocycles. The van der Waals surface area contributed by atoms with Crippen LogP contribution in [0.5, 0.6) is 0 Å². The van der Waals surface area contributed by atoms with Crippen molar-refractivity contribution in [2.24, 2.45) is 29.4 Å². The van der Waals surface area contributed by atoms with E-state index in [1.165, 1.54) is 89.5 Å². The monoisotopic (exact) mass is 1400 g/mol. The molecule has 1 aromatic carbocycles. The van der Waals surface area contributed by atoms with Gasteiger partial charge in [0.25, 0.3) is 0 Å². The van der Waals surface area contributed by atoms with Crippen molar-refractivity contribution in [3.63, 3.8) is 0 Å². The number of aliphatic carboxylic acids is 3. The van der Waals surface area contributed by atoms with Crippen LogP contribution in [0.15, 0.2) is 24.3 Å². The maximum atomic E-state index is 13.2. The molecule has 1 fully saturated rings. The number of amides is 4. The van der Waals surface area contributed by atoms with Crippen molar-refractivity contribution < 1.29 is 91.8 Å². The predicted molar refractivity (Wildman–Crippen MR) is 379 cm³/mol. The minimum atomic E-state index is -1.19. The smallest absolute Gasteiger partial charge is 0.306 e. The number of nitrogens with one attached hydrogen (secondary N) is 3. The third-order valence-corrected chi connectivity index (χ3v) is 17.9. The number of Topliss-reactive ketones (excluding diaryl/α,β-unsaturated/α-hetero) is 5. The zero-order valence-electron chi connectivity index (χ0n) is 60.5. The first kappa shape index (κ1) is 90.7. The molecule has 0 heterocycles. The molecule has 0 radical (unpaired) electrons. The highest BCUT2D eigenvalue weighted by Gasteiger charge is 2.31. The molecule has 23 heteroatoms. The zero-order chi connectivity index (χ0) is 73.1. The molecule has 0 aliphatic heterocycles. The van der Waals surface area contributed by atoms with Crippen LogP contribution in [-0.2, 0) is 78.1 Å². The summed E-state index contributed by atoms with van der Waals surface area (Å²) in [5.74, 6) is -6.15. The van der Waals surface area contributed by atoms with Crippen LogP contribution in [0.2, 0.25) is 0 Å². The number of carboxylic acids is 3. The molecule has 99 heavy (non-hydrogen) atoms. The lowest BCUT2D eigenvalue weighted by Crippen LogP contribution is -2.41. The van der Waals surface area contributed by atoms with Crippen LogP contribution in [0, 0.1) is 23.7 Å². The number of benzene rings is 1. The van der Waals surface area contributed by atoms with Gasteiger partial charge in [-0.3, -0.25) is 52.7 Å². The van der Waals surface area contributed by atoms with Crippen LogP contribution < -0.4 is 21.7 Å². The number of unbranched alkanes of at least 4 members (excludes halogenated alkanes) is 18. The summed E-state index contributed by atoms with van der Waals surface area (Å²) in [7, 11) is 0. The van der Waals surface area contributed by atoms with E-state index in [0.717, 1.165) is 82.6 Å². The summed E-state index contributed by atoms with van der Waals surface area (Å²) >= 11 is 0. The summed E-state index contributed by atoms with van der Waals surface area (Å²) in [4.78, 5) is 144. The highest BCUT2D eigenvalue weighted by atomic mass is 16.5. The quantitative estimate of drug-likeness (QED) is 0.0235. The van der Waals surface area contributed by atoms with Crippen LogP contribution in [-0.4, -0.2) is 158 Å². The molecule has 1 aliphatic rings. The van der Waals surface area contributed by atoms with Gasteiger partial charge in [-0.25, -0.2) is 0 Å². The molecule has 1 aromatic rings. The Balaban J connectivity index is 0.00000163. The van der Waals surface area contributed by atoms with Crippen molar-refractivity contribution in [3.8, 4) is 0 Å². The van der Waals surface area contributed by atoms with Crippen molar-refractivity contribution in [3.05, 3.63) is 35.4 Å². The van der Waals surface area contributed by atoms with Gasteiger partial charge in [-0.1, -0.05) is 140 Å². The fraction of sp³-hybridized carbons (Fsp3) is 0.763. The van der Waals surface area contributed by atoms with E-state index in [1.807, 2.05) is 31.2 Å². The highest BCUT2D eigenvalue weighted by Crippen LogP contribution is 2.31. The number of carbonyl (C=O) groups excluding carboxylic acids is 9. The van der Waals surface area contributed by atoms with Crippen molar-refractivity contribution in [1.82, 2.24) is 16.0 Å². The lowest BCUT2D eigenvalue weighted by molar-refractivity contribution is -0.145. The average Bonchev–Trinajstić information content (AvgIpc) is 0.913. The third kappa shape index (κ3) is 52.4. The van der Waals surface area contributed by atoms with E-state index in [1.54, 1.807) is 0 Å². The average molecular weight is 1400 g/mol. The van der Waals surface area contributed by atoms with E-state index in [4.69, 9.17) is 29.8 Å². The molecule has 0 unspecified atom stereocenters. The van der Waals surface area contributed by atoms with Crippen molar-refractivity contribution in [2.75, 3.05) is 65.9 Å². The Morgan fingerprint density at radius 2 is 1.01 bits per heavy atom. The topological polar surface area (TPSA) is 365 Å². The lowest BCUT2D eigenvalue weighted by Gasteiger charge is -2.28. The molecule has 0 bridgehead atoms. The number of likely N-dealkylation sites (N-methyl/N-ethyl adjacent to an activating group) is 1. The minimum absolute atomic E-state index is 0.000328. The van der Waals surface area contributed by atoms with E-state index >= 15 is 0 Å². The second-order valence-electron chi connectivity index (χ2n) is 26.7. The van der Waals surface area contributed by atoms with Gasteiger partial charge in [0.1, 0.15) is 24.8 Å². The molecule has 2 rings (SSSR count). The molecule has 0 aromatic heterocycles. The maximum Gasteiger partial charge on any atom is 0.306 e. The fourth-order valence-electron chi connectivity index (χ4n) is 11.9. The van der Waals surface area contributed by atoms with E-state index in [2.05, 4.69) is 22.9 Å². The summed E-state index contributed by atoms with van der Waals surface area (Å²) in [5.41, 5.74) is 7.37. The first-order valence-electron chi connectivity index (χ1n) is 37.4. The number of nitrogens with two attached hydrogens (primary N) is 1. The normalized spacial score (nSPS) is 14.4. The zero-order valence-corrected chi connectivity index (χ0v) is 60.5. The van der Waals surface area contributed by atoms with E-state index < -0.39 is 41.7 Å². The second-order valence-corrected chi connectivity index (χ2v) is 26.7. The largest absolute Gasteiger partial charge is 0.481 e. The Kier molecular flexibility index (Phi) is 55.4. The highest BCUT2D eigenvalue weighted by molar-refractivity contribution is 5.96. The lowest BCUT2D eigenvalue weighted by atomic mass is 9.78. The summed E-state index contributed by atoms with van der Waals surface area (Å²) in [6.07, 6.45) is 29.3. The number of hydrogen-bond donors (Lipinski definition) is 7. The summed E-state index contributed by atoms with van der Waals surface area (Å²) in [6.45, 7) is 7.94. The Hall–Kier alpha value is -6.30. The van der Waals surface area contributed by atoms with E-state index in [0.29, 0.717) is 71.2 Å². The summed E-state index contributed by atoms with van der Waals surface area (Å²) in [6, 6.07) is 6.84. The number of ether oxygens (including phenoxy) is 4. The maximum absolute atomic E-state index is 13.2. The van der Waals surface area contributed by atoms with Crippen LogP contribution in [0.3, 0.4) is 0 Å². The number of hydrogen-bond acceptors (Lipinski definition) is 16. The molecular weight excluding hydrogens is 1270 g/mol. The van der Waals surface area contributed by atoms with Gasteiger partial charge in [0, 0.05) is 101 Å². The first-order valence-corrected chi connectivity index (χ1v) is 37.4. The van der Waals surface area contributed by atoms with Gasteiger partial charge in [0.2, 0.25) is 23.6 Å². The molecule has 0 spiro atoms. The molecule has 3 atom stereocenters. The number of aryl methyl sites for hydroxylation is 1. The first-order chi connectivity index (χ1) is 47.6. The third-order valence-electron chi connectivity index (χ3n) is 17.9. The van der Waals surface area contributed by atoms with Gasteiger partial charge < -0.3 is 60.7 Å². The SMILES string of the molecule is CCCCc1ccc(C(=O)CCCCC[C@H](CC(C)=O)C(N)=O)cc1.CCNC(=O)COCCOCCCC(=O)COCCOCCCC(=O)[C@H](CCC(=O)O)NC(=O)CC[C@H](CC(=O)C1CCC(CNC(=O)CCCCCCCCCCCCCCCCCCC(=O)O)CC1)C(=O)O. The number of carboxylic acid groups (broad SMARTS) is 3. The number of rotatable bonds is 65. The van der Waals surface area contributed by atoms with Gasteiger partial charge in [-0.15, -0.1) is 0 Å². The molecular formula is C76H126N4O19. The van der Waals surface area contributed by atoms with Crippen LogP contribution >= 0.6 is 0 Å². The number of primary amides is 1. The van der Waals surface area contributed by atoms with Gasteiger partial charge >= 0.3 is 17.9 Å². The van der Waals surface area contributed by atoms with Crippen LogP contribution in [0.25, 0.3) is 0 Å². The van der Waals surface area contributed by atoms with E-state index in [9.17, 15) is 67.7 Å². The van der Waals surface area contributed by atoms with Crippen molar-refractivity contribution in [2.45, 2.75) is 284 Å². The van der Waals surface area contributed by atoms with Gasteiger partial charge in [-0.2, -0.15) is 0 Å². The van der Waals surface area contributed by atoms with Crippen LogP contribution in [0.1, 0.15) is 287 Å². The van der Waals surface area contributed by atoms with Gasteiger partial charge in [0.05, 0.1) is 38.4 Å². The Labute approximate surface area is 590 Å². The predicted octanol–water partition coefficient (Wildman–Crippen LogP) is 11.9. The Bertz CT molecular complexity index is 2450. The van der Waals surface area contributed by atoms with Crippen molar-refractivity contribution in [1.29, 1.82) is 0 Å². The number of carbonyl (C=O) groups is 12. The molecule has 23 nitrogen and oxygen atoms in total. The molecule has 4 amide bonds. The van der Waals surface area contributed by atoms with Gasteiger partial charge in [0.15, 0.2) is 17.3 Å². The number of ketones is 5. The molecule has 1 saturated carbocycles. The molecule has 564 valence electrons. The molecule has 8 N–H and O–H groups in total. The molecule has 0 saturated heterocycles. The fourth-order valence-corrected chi connectivity index (χ4v) is 11.9. The van der Waals surface area contributed by atoms with Gasteiger partial charge in [-0.05, 0) is 115 Å². The van der Waals surface area contributed by atoms with Crippen molar-refractivity contribution >= 4 is 70.5 Å². The van der Waals surface area contributed by atoms with Crippen LogP contribution in [0.4, 0.5) is 0 Å². The standard InChI is InChI=1S/C55H95N3O16.C21H31NO3/c1-2-56-52(64)42-74-38-36-71-33-19-21-46(59)41-73-37-35-72-34-20-22-48(60)47(30-32-54(67)68)58-51(63)31-29-45(55(69)70)39-49(61)44-27-25-43(26-28-44)40-57-50(62)23-17-15-13-11-9-7-5-3-4-6-8-10-12-14-16-18-24-53(65)66;1-3-4-8-17-11-13-18(14-12-17)20(24)10-7-5-6-9-19(21(22)25)15-16(2)23/h43-45,47H,2-42H2,1H3,(H,56,64)(H,57,62)(H,58,63)(H,65,66)(H,67,68)(H,69,70);11-14,19H,3-10,15H2,1-2H3,(H2,22,25)/t43?,44?,45-,47+;19-/m11/s1. The Morgan fingerprint density at radius 3 is 1.55 bits per heavy atom. The summed E-state index contributed by atoms with van der Waals surface area (Å²) < 4.78 is 21.4. The minimum Gasteiger partial charge on any atom is -0.481 e. The Morgan fingerprint density at radius 1 is 0.485 bits per heavy atom. The van der Waals surface area contributed by atoms with E-state index in [-0.39, 0.29) is 156 Å². The second kappa shape index (κ2) is 60.5.